The first-order valence-electron chi connectivity index (χ1n) is 8.71. The van der Waals surface area contributed by atoms with Crippen molar-refractivity contribution in [1.29, 1.82) is 0 Å². The highest BCUT2D eigenvalue weighted by Crippen LogP contribution is 2.22. The highest BCUT2D eigenvalue weighted by Gasteiger charge is 2.12. The van der Waals surface area contributed by atoms with E-state index in [1.165, 1.54) is 7.11 Å². The van der Waals surface area contributed by atoms with E-state index in [1.54, 1.807) is 53.2 Å². The van der Waals surface area contributed by atoms with Gasteiger partial charge in [0, 0.05) is 5.69 Å². The quantitative estimate of drug-likeness (QED) is 0.665. The molecule has 3 aromatic rings. The van der Waals surface area contributed by atoms with E-state index in [4.69, 9.17) is 9.47 Å². The summed E-state index contributed by atoms with van der Waals surface area (Å²) in [5.41, 5.74) is 3.63. The normalized spacial score (nSPS) is 10.4. The Bertz CT molecular complexity index is 993. The van der Waals surface area contributed by atoms with E-state index in [0.717, 1.165) is 17.1 Å². The Morgan fingerprint density at radius 2 is 1.79 bits per heavy atom. The van der Waals surface area contributed by atoms with Crippen LogP contribution in [0, 0.1) is 13.8 Å². The molecule has 1 aromatic heterocycles. The van der Waals surface area contributed by atoms with Crippen LogP contribution in [-0.4, -0.2) is 35.4 Å². The van der Waals surface area contributed by atoms with Gasteiger partial charge in [-0.05, 0) is 56.3 Å². The third kappa shape index (κ3) is 4.37. The van der Waals surface area contributed by atoms with Crippen LogP contribution in [0.5, 0.6) is 5.75 Å². The molecule has 0 saturated heterocycles. The molecular weight excluding hydrogens is 358 g/mol. The van der Waals surface area contributed by atoms with Crippen LogP contribution in [0.2, 0.25) is 0 Å². The molecule has 0 saturated carbocycles. The van der Waals surface area contributed by atoms with Gasteiger partial charge in [0.25, 0.3) is 5.91 Å². The lowest BCUT2D eigenvalue weighted by Crippen LogP contribution is -2.21. The van der Waals surface area contributed by atoms with Gasteiger partial charge in [0.05, 0.1) is 29.7 Å². The molecular formula is C21H21N3O4. The first-order valence-corrected chi connectivity index (χ1v) is 8.71. The van der Waals surface area contributed by atoms with Crippen molar-refractivity contribution in [2.24, 2.45) is 0 Å². The zero-order valence-electron chi connectivity index (χ0n) is 15.9. The van der Waals surface area contributed by atoms with E-state index in [9.17, 15) is 9.59 Å². The molecule has 0 fully saturated rings. The number of rotatable bonds is 6. The summed E-state index contributed by atoms with van der Waals surface area (Å²) in [7, 11) is 1.51. The minimum atomic E-state index is -0.574. The van der Waals surface area contributed by atoms with Gasteiger partial charge < -0.3 is 14.8 Å². The van der Waals surface area contributed by atoms with Crippen LogP contribution >= 0.6 is 0 Å². The third-order valence-corrected chi connectivity index (χ3v) is 4.07. The van der Waals surface area contributed by atoms with Crippen molar-refractivity contribution in [3.63, 3.8) is 0 Å². The first kappa shape index (κ1) is 19.2. The van der Waals surface area contributed by atoms with E-state index in [-0.39, 0.29) is 0 Å². The van der Waals surface area contributed by atoms with Gasteiger partial charge in [0.1, 0.15) is 5.75 Å². The van der Waals surface area contributed by atoms with Crippen LogP contribution in [0.15, 0.2) is 54.6 Å². The van der Waals surface area contributed by atoms with Crippen molar-refractivity contribution in [2.45, 2.75) is 13.8 Å². The summed E-state index contributed by atoms with van der Waals surface area (Å²) in [5, 5.41) is 7.06. The lowest BCUT2D eigenvalue weighted by atomic mass is 10.2. The van der Waals surface area contributed by atoms with Crippen LogP contribution in [-0.2, 0) is 9.53 Å². The van der Waals surface area contributed by atoms with Crippen molar-refractivity contribution in [2.75, 3.05) is 19.0 Å². The Balaban J connectivity index is 1.59. The molecule has 0 aliphatic rings. The summed E-state index contributed by atoms with van der Waals surface area (Å²) in [6.07, 6.45) is 0. The van der Waals surface area contributed by atoms with Gasteiger partial charge in [-0.2, -0.15) is 5.10 Å². The second-order valence-electron chi connectivity index (χ2n) is 6.21. The number of carbonyl (C=O) groups is 2. The first-order chi connectivity index (χ1) is 13.5. The number of para-hydroxylation sites is 2. The van der Waals surface area contributed by atoms with Gasteiger partial charge in [-0.15, -0.1) is 0 Å². The lowest BCUT2D eigenvalue weighted by molar-refractivity contribution is -0.119. The van der Waals surface area contributed by atoms with E-state index in [0.29, 0.717) is 17.0 Å². The predicted octanol–water partition coefficient (Wildman–Crippen LogP) is 3.29. The number of aromatic nitrogens is 2. The molecule has 0 unspecified atom stereocenters. The number of anilines is 1. The fourth-order valence-electron chi connectivity index (χ4n) is 2.78. The summed E-state index contributed by atoms with van der Waals surface area (Å²) >= 11 is 0. The SMILES string of the molecule is COc1ccccc1NC(=O)COC(=O)c1ccc(-n2nc(C)cc2C)cc1. The molecule has 0 spiro atoms. The molecule has 1 heterocycles. The number of hydrogen-bond acceptors (Lipinski definition) is 5. The van der Waals surface area contributed by atoms with E-state index >= 15 is 0 Å². The van der Waals surface area contributed by atoms with Gasteiger partial charge in [-0.3, -0.25) is 4.79 Å². The van der Waals surface area contributed by atoms with Gasteiger partial charge in [0.2, 0.25) is 0 Å². The average molecular weight is 379 g/mol. The maximum Gasteiger partial charge on any atom is 0.338 e. The number of benzene rings is 2. The number of ether oxygens (including phenoxy) is 2. The largest absolute Gasteiger partial charge is 0.495 e. The van der Waals surface area contributed by atoms with Crippen molar-refractivity contribution in [3.8, 4) is 11.4 Å². The highest BCUT2D eigenvalue weighted by atomic mass is 16.5. The van der Waals surface area contributed by atoms with Crippen molar-refractivity contribution in [3.05, 3.63) is 71.5 Å². The maximum absolute atomic E-state index is 12.2. The van der Waals surface area contributed by atoms with Crippen LogP contribution in [0.25, 0.3) is 5.69 Å². The fourth-order valence-corrected chi connectivity index (χ4v) is 2.78. The molecule has 7 heteroatoms. The number of nitrogens with one attached hydrogen (secondary N) is 1. The molecule has 0 bridgehead atoms. The maximum atomic E-state index is 12.2. The number of nitrogens with zero attached hydrogens (tertiary/aromatic N) is 2. The van der Waals surface area contributed by atoms with Crippen molar-refractivity contribution < 1.29 is 19.1 Å². The Hall–Kier alpha value is -3.61. The summed E-state index contributed by atoms with van der Waals surface area (Å²) < 4.78 is 12.1. The Labute approximate surface area is 162 Å². The molecule has 3 rings (SSSR count). The number of esters is 1. The summed E-state index contributed by atoms with van der Waals surface area (Å²) in [4.78, 5) is 24.2. The van der Waals surface area contributed by atoms with Crippen LogP contribution < -0.4 is 10.1 Å². The average Bonchev–Trinajstić information content (AvgIpc) is 3.04. The Morgan fingerprint density at radius 3 is 2.43 bits per heavy atom. The molecule has 2 aromatic carbocycles. The van der Waals surface area contributed by atoms with Gasteiger partial charge in [-0.25, -0.2) is 9.48 Å². The van der Waals surface area contributed by atoms with Crippen LogP contribution in [0.1, 0.15) is 21.7 Å². The zero-order valence-corrected chi connectivity index (χ0v) is 15.9. The molecule has 0 radical (unpaired) electrons. The summed E-state index contributed by atoms with van der Waals surface area (Å²) in [6, 6.07) is 15.8. The Morgan fingerprint density at radius 1 is 1.07 bits per heavy atom. The van der Waals surface area contributed by atoms with E-state index < -0.39 is 18.5 Å². The molecule has 0 aliphatic heterocycles. The van der Waals surface area contributed by atoms with Crippen LogP contribution in [0.3, 0.4) is 0 Å². The van der Waals surface area contributed by atoms with E-state index in [2.05, 4.69) is 10.4 Å². The van der Waals surface area contributed by atoms with Crippen molar-refractivity contribution >= 4 is 17.6 Å². The second-order valence-corrected chi connectivity index (χ2v) is 6.21. The third-order valence-electron chi connectivity index (χ3n) is 4.07. The lowest BCUT2D eigenvalue weighted by Gasteiger charge is -2.10. The summed E-state index contributed by atoms with van der Waals surface area (Å²) in [5.74, 6) is -0.492. The molecule has 0 atom stereocenters. The number of methoxy groups -OCH3 is 1. The number of aryl methyl sites for hydroxylation is 2. The monoisotopic (exact) mass is 379 g/mol. The topological polar surface area (TPSA) is 82.5 Å². The second kappa shape index (κ2) is 8.39. The molecule has 0 aliphatic carbocycles. The van der Waals surface area contributed by atoms with Crippen molar-refractivity contribution in [1.82, 2.24) is 9.78 Å². The molecule has 1 N–H and O–H groups in total. The van der Waals surface area contributed by atoms with Gasteiger partial charge in [-0.1, -0.05) is 12.1 Å². The standard InChI is InChI=1S/C21H21N3O4/c1-14-12-15(2)24(23-14)17-10-8-16(9-11-17)21(26)28-13-20(25)22-18-6-4-5-7-19(18)27-3/h4-12H,13H2,1-3H3,(H,22,25). The molecule has 1 amide bonds. The molecule has 7 nitrogen and oxygen atoms in total. The van der Waals surface area contributed by atoms with E-state index in [1.807, 2.05) is 19.9 Å². The predicted molar refractivity (Wildman–Crippen MR) is 105 cm³/mol. The van der Waals surface area contributed by atoms with Gasteiger partial charge >= 0.3 is 5.97 Å². The molecule has 28 heavy (non-hydrogen) atoms. The van der Waals surface area contributed by atoms with Gasteiger partial charge in [0.15, 0.2) is 6.61 Å². The fraction of sp³-hybridized carbons (Fsp3) is 0.190. The number of amides is 1. The smallest absolute Gasteiger partial charge is 0.338 e. The minimum absolute atomic E-state index is 0.357. The highest BCUT2D eigenvalue weighted by molar-refractivity contribution is 5.96. The Kier molecular flexibility index (Phi) is 5.74. The van der Waals surface area contributed by atoms with Crippen LogP contribution in [0.4, 0.5) is 5.69 Å². The zero-order chi connectivity index (χ0) is 20.1. The molecule has 144 valence electrons. The minimum Gasteiger partial charge on any atom is -0.495 e. The number of carbonyl (C=O) groups excluding carboxylic acids is 2. The number of hydrogen-bond donors (Lipinski definition) is 1. The summed E-state index contributed by atoms with van der Waals surface area (Å²) in [6.45, 7) is 3.49.